The van der Waals surface area contributed by atoms with Crippen molar-refractivity contribution in [1.29, 1.82) is 0 Å². The second-order valence-electron chi connectivity index (χ2n) is 5.67. The van der Waals surface area contributed by atoms with E-state index >= 15 is 0 Å². The lowest BCUT2D eigenvalue weighted by molar-refractivity contribution is -0.152. The molecule has 124 valence electrons. The number of benzene rings is 1. The van der Waals surface area contributed by atoms with Crippen molar-refractivity contribution in [2.24, 2.45) is 0 Å². The van der Waals surface area contributed by atoms with Crippen molar-refractivity contribution in [1.82, 2.24) is 0 Å². The second kappa shape index (κ2) is 4.94. The summed E-state index contributed by atoms with van der Waals surface area (Å²) in [5, 5.41) is 0. The minimum Gasteiger partial charge on any atom is -0.458 e. The van der Waals surface area contributed by atoms with Gasteiger partial charge in [-0.1, -0.05) is 18.2 Å². The van der Waals surface area contributed by atoms with Crippen LogP contribution >= 0.6 is 0 Å². The smallest absolute Gasteiger partial charge is 0.339 e. The molecule has 0 radical (unpaired) electrons. The maximum atomic E-state index is 12.5. The van der Waals surface area contributed by atoms with E-state index in [0.29, 0.717) is 11.1 Å². The Morgan fingerprint density at radius 2 is 1.88 bits per heavy atom. The second-order valence-corrected chi connectivity index (χ2v) is 7.66. The Morgan fingerprint density at radius 3 is 2.58 bits per heavy atom. The number of rotatable bonds is 2. The average Bonchev–Trinajstić information content (AvgIpc) is 3.11. The molecule has 0 saturated carbocycles. The molecule has 0 N–H and O–H groups in total. The Morgan fingerprint density at radius 1 is 1.12 bits per heavy atom. The maximum Gasteiger partial charge on any atom is 0.339 e. The van der Waals surface area contributed by atoms with Gasteiger partial charge in [-0.05, 0) is 18.6 Å². The lowest BCUT2D eigenvalue weighted by atomic mass is 9.94. The lowest BCUT2D eigenvalue weighted by Gasteiger charge is -2.10. The molecule has 4 rings (SSSR count). The fourth-order valence-corrected chi connectivity index (χ4v) is 4.93. The van der Waals surface area contributed by atoms with Crippen LogP contribution in [0.1, 0.15) is 18.4 Å². The van der Waals surface area contributed by atoms with Crippen LogP contribution in [0.5, 0.6) is 0 Å². The molecule has 0 bridgehead atoms. The lowest BCUT2D eigenvalue weighted by Crippen LogP contribution is -2.18. The highest BCUT2D eigenvalue weighted by Crippen LogP contribution is 2.49. The highest BCUT2D eigenvalue weighted by Gasteiger charge is 2.55. The van der Waals surface area contributed by atoms with Crippen molar-refractivity contribution in [3.8, 4) is 0 Å². The molecule has 1 saturated heterocycles. The van der Waals surface area contributed by atoms with Gasteiger partial charge >= 0.3 is 11.9 Å². The van der Waals surface area contributed by atoms with Crippen LogP contribution in [0.3, 0.4) is 0 Å². The zero-order valence-electron chi connectivity index (χ0n) is 12.5. The van der Waals surface area contributed by atoms with Crippen molar-refractivity contribution < 1.29 is 32.2 Å². The van der Waals surface area contributed by atoms with Gasteiger partial charge in [-0.2, -0.15) is 0 Å². The SMILES string of the molecule is CC1=CC(O/C=C2/C(=O)OC3C2c2ccccc2S3(=O)=O)OC1=O. The minimum atomic E-state index is -3.74. The minimum absolute atomic E-state index is 0.0857. The molecule has 8 heteroatoms. The first-order chi connectivity index (χ1) is 11.4. The summed E-state index contributed by atoms with van der Waals surface area (Å²) in [6.45, 7) is 1.58. The van der Waals surface area contributed by atoms with Crippen molar-refractivity contribution in [2.45, 2.75) is 29.5 Å². The number of sulfone groups is 1. The molecule has 0 spiro atoms. The molecule has 3 aliphatic rings. The summed E-state index contributed by atoms with van der Waals surface area (Å²) in [6.07, 6.45) is 1.65. The molecular formula is C16H12O7S. The average molecular weight is 348 g/mol. The van der Waals surface area contributed by atoms with Crippen LogP contribution in [0, 0.1) is 0 Å². The van der Waals surface area contributed by atoms with E-state index in [0.717, 1.165) is 6.26 Å². The summed E-state index contributed by atoms with van der Waals surface area (Å²) in [5.41, 5.74) is -0.291. The number of ether oxygens (including phenoxy) is 3. The van der Waals surface area contributed by atoms with Gasteiger partial charge in [-0.3, -0.25) is 0 Å². The van der Waals surface area contributed by atoms with Crippen LogP contribution in [0.15, 0.2) is 52.6 Å². The van der Waals surface area contributed by atoms with E-state index in [1.54, 1.807) is 25.1 Å². The molecule has 1 aromatic rings. The van der Waals surface area contributed by atoms with Gasteiger partial charge in [0.05, 0.1) is 22.6 Å². The summed E-state index contributed by atoms with van der Waals surface area (Å²) in [5.74, 6) is -2.01. The standard InChI is InChI=1S/C16H12O7S/c1-8-6-12(22-14(8)17)21-7-10-13-9-4-2-3-5-11(9)24(19,20)16(13)23-15(10)18/h2-7,12-13,16H,1H3/b10-7+. The molecular weight excluding hydrogens is 336 g/mol. The Bertz CT molecular complexity index is 925. The monoisotopic (exact) mass is 348 g/mol. The summed E-state index contributed by atoms with van der Waals surface area (Å²) in [7, 11) is -3.74. The molecule has 1 fully saturated rings. The topological polar surface area (TPSA) is 96.0 Å². The third kappa shape index (κ3) is 1.99. The predicted octanol–water partition coefficient (Wildman–Crippen LogP) is 1.17. The van der Waals surface area contributed by atoms with E-state index in [9.17, 15) is 18.0 Å². The van der Waals surface area contributed by atoms with E-state index in [-0.39, 0.29) is 10.5 Å². The quantitative estimate of drug-likeness (QED) is 0.450. The van der Waals surface area contributed by atoms with Gasteiger partial charge in [0.15, 0.2) is 0 Å². The zero-order chi connectivity index (χ0) is 17.1. The van der Waals surface area contributed by atoms with Gasteiger partial charge in [-0.15, -0.1) is 0 Å². The molecule has 3 unspecified atom stereocenters. The van der Waals surface area contributed by atoms with Crippen LogP contribution in [0.4, 0.5) is 0 Å². The van der Waals surface area contributed by atoms with Gasteiger partial charge in [0.1, 0.15) is 0 Å². The molecule has 7 nitrogen and oxygen atoms in total. The van der Waals surface area contributed by atoms with Gasteiger partial charge in [0.25, 0.3) is 6.29 Å². The molecule has 24 heavy (non-hydrogen) atoms. The normalized spacial score (nSPS) is 31.3. The molecule has 3 heterocycles. The number of carbonyl (C=O) groups is 2. The third-order valence-electron chi connectivity index (χ3n) is 4.19. The van der Waals surface area contributed by atoms with E-state index < -0.39 is 39.4 Å². The number of carbonyl (C=O) groups excluding carboxylic acids is 2. The van der Waals surface area contributed by atoms with Gasteiger partial charge < -0.3 is 14.2 Å². The van der Waals surface area contributed by atoms with E-state index in [2.05, 4.69) is 0 Å². The number of hydrogen-bond acceptors (Lipinski definition) is 7. The Labute approximate surface area is 137 Å². The van der Waals surface area contributed by atoms with Gasteiger partial charge in [0, 0.05) is 11.6 Å². The van der Waals surface area contributed by atoms with E-state index in [1.165, 1.54) is 12.1 Å². The Balaban J connectivity index is 1.70. The highest BCUT2D eigenvalue weighted by atomic mass is 32.2. The van der Waals surface area contributed by atoms with Crippen LogP contribution in [0.2, 0.25) is 0 Å². The summed E-state index contributed by atoms with van der Waals surface area (Å²) < 4.78 is 40.2. The number of cyclic esters (lactones) is 1. The maximum absolute atomic E-state index is 12.5. The summed E-state index contributed by atoms with van der Waals surface area (Å²) in [4.78, 5) is 23.5. The first-order valence-electron chi connectivity index (χ1n) is 7.18. The summed E-state index contributed by atoms with van der Waals surface area (Å²) >= 11 is 0. The van der Waals surface area contributed by atoms with Crippen molar-refractivity contribution in [3.63, 3.8) is 0 Å². The summed E-state index contributed by atoms with van der Waals surface area (Å²) in [6, 6.07) is 6.45. The predicted molar refractivity (Wildman–Crippen MR) is 79.1 cm³/mol. The van der Waals surface area contributed by atoms with Crippen LogP contribution in [-0.2, 0) is 33.6 Å². The molecule has 1 aromatic carbocycles. The number of fused-ring (bicyclic) bond motifs is 3. The largest absolute Gasteiger partial charge is 0.458 e. The fraction of sp³-hybridized carbons (Fsp3) is 0.250. The number of esters is 2. The third-order valence-corrected chi connectivity index (χ3v) is 6.16. The Kier molecular flexibility index (Phi) is 3.08. The zero-order valence-corrected chi connectivity index (χ0v) is 13.3. The molecule has 3 aliphatic heterocycles. The van der Waals surface area contributed by atoms with Crippen LogP contribution in [-0.4, -0.2) is 32.1 Å². The van der Waals surface area contributed by atoms with Crippen LogP contribution in [0.25, 0.3) is 0 Å². The van der Waals surface area contributed by atoms with Crippen LogP contribution < -0.4 is 0 Å². The first-order valence-corrected chi connectivity index (χ1v) is 8.73. The van der Waals surface area contributed by atoms with Gasteiger partial charge in [0.2, 0.25) is 15.3 Å². The van der Waals surface area contributed by atoms with Crippen molar-refractivity contribution in [3.05, 3.63) is 53.3 Å². The van der Waals surface area contributed by atoms with Gasteiger partial charge in [-0.25, -0.2) is 18.0 Å². The molecule has 3 atom stereocenters. The number of hydrogen-bond donors (Lipinski definition) is 0. The molecule has 0 aromatic heterocycles. The molecule has 0 amide bonds. The van der Waals surface area contributed by atoms with E-state index in [4.69, 9.17) is 14.2 Å². The first kappa shape index (κ1) is 14.9. The van der Waals surface area contributed by atoms with Crippen molar-refractivity contribution >= 4 is 21.8 Å². The fourth-order valence-electron chi connectivity index (χ4n) is 3.03. The Hall–Kier alpha value is -2.61. The molecule has 0 aliphatic carbocycles. The van der Waals surface area contributed by atoms with E-state index in [1.807, 2.05) is 0 Å². The highest BCUT2D eigenvalue weighted by molar-refractivity contribution is 7.92. The van der Waals surface area contributed by atoms with Crippen molar-refractivity contribution in [2.75, 3.05) is 0 Å².